The molecule has 3 rings (SSSR count). The first-order chi connectivity index (χ1) is 21.8. The number of ether oxygens (including phenoxy) is 3. The Kier molecular flexibility index (Phi) is 18.6. The highest BCUT2D eigenvalue weighted by Crippen LogP contribution is 2.31. The molecule has 9 atom stereocenters. The third-order valence-electron chi connectivity index (χ3n) is 10.2. The molecule has 9 unspecified atom stereocenters. The highest BCUT2D eigenvalue weighted by atomic mass is 16.5. The molecule has 8 nitrogen and oxygen atoms in total. The Hall–Kier alpha value is -1.03. The molecule has 0 bridgehead atoms. The Morgan fingerprint density at radius 2 is 1.20 bits per heavy atom. The van der Waals surface area contributed by atoms with E-state index in [2.05, 4.69) is 6.92 Å². The third kappa shape index (κ3) is 14.7. The standard InChI is InChI=1S/C37H66O8/c1-3-4-10-16-29(38)17-12-6-5-7-14-19-31(39)35-24-25-36(45-35)33(41)22-21-32(40)34-23-20-30(44-34)18-13-9-8-11-15-28-26-27(2)43-37(28)42/h26-27,29-36,38-41H,3-25H2,1-2H3. The minimum absolute atomic E-state index is 0.0889. The molecule has 0 saturated carbocycles. The second-order valence-electron chi connectivity index (χ2n) is 14.2. The summed E-state index contributed by atoms with van der Waals surface area (Å²) in [7, 11) is 0. The van der Waals surface area contributed by atoms with E-state index in [1.807, 2.05) is 13.0 Å². The molecule has 3 heterocycles. The Morgan fingerprint density at radius 3 is 1.84 bits per heavy atom. The van der Waals surface area contributed by atoms with Crippen LogP contribution in [0.4, 0.5) is 0 Å². The molecule has 2 saturated heterocycles. The molecular formula is C37H66O8. The zero-order chi connectivity index (χ0) is 32.4. The molecule has 8 heteroatoms. The van der Waals surface area contributed by atoms with E-state index in [4.69, 9.17) is 14.2 Å². The topological polar surface area (TPSA) is 126 Å². The number of rotatable bonds is 25. The molecule has 45 heavy (non-hydrogen) atoms. The third-order valence-corrected chi connectivity index (χ3v) is 10.2. The zero-order valence-corrected chi connectivity index (χ0v) is 28.5. The van der Waals surface area contributed by atoms with Crippen molar-refractivity contribution in [2.45, 2.75) is 216 Å². The van der Waals surface area contributed by atoms with Gasteiger partial charge in [-0.1, -0.05) is 77.6 Å². The van der Waals surface area contributed by atoms with Gasteiger partial charge in [0.2, 0.25) is 0 Å². The fraction of sp³-hybridized carbons (Fsp3) is 0.919. The van der Waals surface area contributed by atoms with Crippen molar-refractivity contribution < 1.29 is 39.4 Å². The second kappa shape index (κ2) is 21.8. The molecule has 0 radical (unpaired) electrons. The summed E-state index contributed by atoms with van der Waals surface area (Å²) in [5.74, 6) is -0.160. The summed E-state index contributed by atoms with van der Waals surface area (Å²) in [4.78, 5) is 11.7. The maximum Gasteiger partial charge on any atom is 0.334 e. The van der Waals surface area contributed by atoms with E-state index in [1.54, 1.807) is 0 Å². The van der Waals surface area contributed by atoms with E-state index < -0.39 is 18.3 Å². The molecule has 4 N–H and O–H groups in total. The summed E-state index contributed by atoms with van der Waals surface area (Å²) in [5, 5.41) is 42.2. The predicted octanol–water partition coefficient (Wildman–Crippen LogP) is 6.83. The second-order valence-corrected chi connectivity index (χ2v) is 14.2. The van der Waals surface area contributed by atoms with Crippen molar-refractivity contribution in [2.24, 2.45) is 0 Å². The van der Waals surface area contributed by atoms with Crippen LogP contribution in [0.15, 0.2) is 11.6 Å². The fourth-order valence-electron chi connectivity index (χ4n) is 7.28. The van der Waals surface area contributed by atoms with Crippen LogP contribution < -0.4 is 0 Å². The molecule has 3 aliphatic rings. The lowest BCUT2D eigenvalue weighted by Crippen LogP contribution is -2.33. The van der Waals surface area contributed by atoms with Gasteiger partial charge < -0.3 is 34.6 Å². The number of cyclic esters (lactones) is 1. The van der Waals surface area contributed by atoms with Gasteiger partial charge >= 0.3 is 5.97 Å². The van der Waals surface area contributed by atoms with Gasteiger partial charge in [-0.05, 0) is 90.0 Å². The lowest BCUT2D eigenvalue weighted by Gasteiger charge is -2.24. The molecule has 0 aliphatic carbocycles. The zero-order valence-electron chi connectivity index (χ0n) is 28.5. The lowest BCUT2D eigenvalue weighted by atomic mass is 9.98. The number of hydrogen-bond donors (Lipinski definition) is 4. The Morgan fingerprint density at radius 1 is 0.667 bits per heavy atom. The summed E-state index contributed by atoms with van der Waals surface area (Å²) in [6.45, 7) is 4.07. The van der Waals surface area contributed by atoms with Crippen molar-refractivity contribution in [2.75, 3.05) is 0 Å². The predicted molar refractivity (Wildman–Crippen MR) is 177 cm³/mol. The Balaban J connectivity index is 1.17. The van der Waals surface area contributed by atoms with E-state index in [0.717, 1.165) is 128 Å². The van der Waals surface area contributed by atoms with Crippen LogP contribution >= 0.6 is 0 Å². The van der Waals surface area contributed by atoms with E-state index in [0.29, 0.717) is 12.8 Å². The Bertz CT molecular complexity index is 833. The fourth-order valence-corrected chi connectivity index (χ4v) is 7.28. The van der Waals surface area contributed by atoms with Gasteiger partial charge in [0.05, 0.1) is 48.8 Å². The highest BCUT2D eigenvalue weighted by molar-refractivity contribution is 5.90. The molecule has 0 aromatic rings. The van der Waals surface area contributed by atoms with E-state index in [1.165, 1.54) is 12.8 Å². The first kappa shape index (κ1) is 38.4. The van der Waals surface area contributed by atoms with Crippen molar-refractivity contribution >= 4 is 5.97 Å². The van der Waals surface area contributed by atoms with Gasteiger partial charge in [-0.15, -0.1) is 0 Å². The SMILES string of the molecule is CCCCCC(O)CCCCCCCC(O)C1CCC(C(O)CCC(O)C2CCC(CCCCCCC3=CC(C)OC3=O)O2)O1. The van der Waals surface area contributed by atoms with Gasteiger partial charge in [-0.25, -0.2) is 4.79 Å². The maximum atomic E-state index is 11.7. The van der Waals surface area contributed by atoms with Crippen molar-refractivity contribution in [1.29, 1.82) is 0 Å². The van der Waals surface area contributed by atoms with Crippen LogP contribution in [0.2, 0.25) is 0 Å². The molecular weight excluding hydrogens is 572 g/mol. The minimum Gasteiger partial charge on any atom is -0.455 e. The van der Waals surface area contributed by atoms with Gasteiger partial charge in [0.1, 0.15) is 6.10 Å². The molecule has 0 spiro atoms. The first-order valence-corrected chi connectivity index (χ1v) is 18.7. The quantitative estimate of drug-likeness (QED) is 0.0634. The maximum absolute atomic E-state index is 11.7. The summed E-state index contributed by atoms with van der Waals surface area (Å²) in [6.07, 6.45) is 21.3. The average molecular weight is 639 g/mol. The first-order valence-electron chi connectivity index (χ1n) is 18.7. The summed E-state index contributed by atoms with van der Waals surface area (Å²) < 4.78 is 17.4. The number of unbranched alkanes of at least 4 members (excludes halogenated alkanes) is 9. The molecule has 2 fully saturated rings. The summed E-state index contributed by atoms with van der Waals surface area (Å²) >= 11 is 0. The van der Waals surface area contributed by atoms with E-state index >= 15 is 0 Å². The average Bonchev–Trinajstić information content (AvgIpc) is 3.77. The molecule has 262 valence electrons. The summed E-state index contributed by atoms with van der Waals surface area (Å²) in [6, 6.07) is 0. The highest BCUT2D eigenvalue weighted by Gasteiger charge is 2.36. The molecule has 0 aromatic carbocycles. The number of aliphatic hydroxyl groups excluding tert-OH is 4. The monoisotopic (exact) mass is 638 g/mol. The molecule has 0 amide bonds. The van der Waals surface area contributed by atoms with Crippen molar-refractivity contribution in [3.63, 3.8) is 0 Å². The van der Waals surface area contributed by atoms with Gasteiger partial charge in [0, 0.05) is 5.57 Å². The lowest BCUT2D eigenvalue weighted by molar-refractivity contribution is -0.139. The van der Waals surface area contributed by atoms with Crippen molar-refractivity contribution in [3.8, 4) is 0 Å². The van der Waals surface area contributed by atoms with E-state index in [-0.39, 0.29) is 42.6 Å². The number of esters is 1. The minimum atomic E-state index is -0.642. The van der Waals surface area contributed by atoms with Crippen LogP contribution in [0.3, 0.4) is 0 Å². The number of hydrogen-bond acceptors (Lipinski definition) is 8. The number of carbonyl (C=O) groups is 1. The van der Waals surface area contributed by atoms with Crippen LogP contribution in [-0.4, -0.2) is 81.3 Å². The summed E-state index contributed by atoms with van der Waals surface area (Å²) in [5.41, 5.74) is 0.819. The van der Waals surface area contributed by atoms with Crippen LogP contribution in [-0.2, 0) is 19.0 Å². The largest absolute Gasteiger partial charge is 0.455 e. The van der Waals surface area contributed by atoms with Crippen LogP contribution in [0.5, 0.6) is 0 Å². The number of aliphatic hydroxyl groups is 4. The van der Waals surface area contributed by atoms with E-state index in [9.17, 15) is 25.2 Å². The van der Waals surface area contributed by atoms with Crippen LogP contribution in [0.1, 0.15) is 162 Å². The van der Waals surface area contributed by atoms with Gasteiger partial charge in [0.15, 0.2) is 0 Å². The van der Waals surface area contributed by atoms with Crippen LogP contribution in [0, 0.1) is 0 Å². The van der Waals surface area contributed by atoms with Crippen molar-refractivity contribution in [3.05, 3.63) is 11.6 Å². The van der Waals surface area contributed by atoms with Crippen LogP contribution in [0.25, 0.3) is 0 Å². The smallest absolute Gasteiger partial charge is 0.334 e. The van der Waals surface area contributed by atoms with Gasteiger partial charge in [-0.3, -0.25) is 0 Å². The molecule has 0 aromatic heterocycles. The van der Waals surface area contributed by atoms with Gasteiger partial charge in [0.25, 0.3) is 0 Å². The van der Waals surface area contributed by atoms with Gasteiger partial charge in [-0.2, -0.15) is 0 Å². The van der Waals surface area contributed by atoms with Crippen molar-refractivity contribution in [1.82, 2.24) is 0 Å². The normalized spacial score (nSPS) is 27.8. The number of carbonyl (C=O) groups excluding carboxylic acids is 1. The molecule has 3 aliphatic heterocycles. The Labute approximate surface area is 273 Å².